The number of fused-ring (bicyclic) bond motifs is 1. The number of amides is 6. The van der Waals surface area contributed by atoms with E-state index in [1.165, 1.54) is 5.06 Å². The van der Waals surface area contributed by atoms with E-state index in [4.69, 9.17) is 0 Å². The van der Waals surface area contributed by atoms with Gasteiger partial charge in [0.25, 0.3) is 0 Å². The zero-order chi connectivity index (χ0) is 39.8. The molecule has 1 aromatic carbocycles. The van der Waals surface area contributed by atoms with E-state index in [2.05, 4.69) is 40.4 Å². The smallest absolute Gasteiger partial charge is 0.315 e. The van der Waals surface area contributed by atoms with Crippen LogP contribution in [0.4, 0.5) is 4.79 Å². The van der Waals surface area contributed by atoms with Crippen LogP contribution in [0.2, 0.25) is 0 Å². The molecule has 2 fully saturated rings. The molecule has 5 atom stereocenters. The van der Waals surface area contributed by atoms with Gasteiger partial charge in [0.05, 0.1) is 5.92 Å². The van der Waals surface area contributed by atoms with Crippen molar-refractivity contribution in [3.63, 3.8) is 0 Å². The Labute approximate surface area is 321 Å². The van der Waals surface area contributed by atoms with Crippen LogP contribution < -0.4 is 26.6 Å². The van der Waals surface area contributed by atoms with Gasteiger partial charge in [-0.1, -0.05) is 70.2 Å². The van der Waals surface area contributed by atoms with Gasteiger partial charge in [-0.15, -0.1) is 0 Å². The van der Waals surface area contributed by atoms with Gasteiger partial charge in [-0.05, 0) is 96.5 Å². The quantitative estimate of drug-likeness (QED) is 0.155. The van der Waals surface area contributed by atoms with E-state index >= 15 is 0 Å². The summed E-state index contributed by atoms with van der Waals surface area (Å²) in [7, 11) is 0. The lowest BCUT2D eigenvalue weighted by atomic mass is 9.79. The molecule has 1 aromatic rings. The van der Waals surface area contributed by atoms with Crippen LogP contribution in [0.3, 0.4) is 0 Å². The fourth-order valence-corrected chi connectivity index (χ4v) is 8.30. The van der Waals surface area contributed by atoms with E-state index in [0.717, 1.165) is 5.56 Å². The van der Waals surface area contributed by atoms with Crippen LogP contribution in [0.1, 0.15) is 106 Å². The predicted molar refractivity (Wildman–Crippen MR) is 208 cm³/mol. The Bertz CT molecular complexity index is 1480. The average Bonchev–Trinajstić information content (AvgIpc) is 3.58. The summed E-state index contributed by atoms with van der Waals surface area (Å²) in [6, 6.07) is 6.31. The Hall–Kier alpha value is -3.97. The van der Waals surface area contributed by atoms with E-state index in [-0.39, 0.29) is 54.6 Å². The van der Waals surface area contributed by atoms with Gasteiger partial charge in [-0.3, -0.25) is 19.2 Å². The highest BCUT2D eigenvalue weighted by atomic mass is 16.5. The number of urea groups is 1. The molecule has 0 saturated carbocycles. The maximum absolute atomic E-state index is 14.2. The first-order chi connectivity index (χ1) is 25.4. The summed E-state index contributed by atoms with van der Waals surface area (Å²) < 4.78 is 0. The number of carbonyl (C=O) groups is 5. The van der Waals surface area contributed by atoms with E-state index in [1.807, 2.05) is 84.0 Å². The number of hydroxylamine groups is 2. The highest BCUT2D eigenvalue weighted by Gasteiger charge is 2.45. The highest BCUT2D eigenvalue weighted by molar-refractivity contribution is 5.95. The first kappa shape index (κ1) is 42.8. The van der Waals surface area contributed by atoms with Crippen molar-refractivity contribution in [3.05, 3.63) is 48.0 Å². The van der Waals surface area contributed by atoms with Crippen LogP contribution in [-0.4, -0.2) is 99.2 Å². The van der Waals surface area contributed by atoms with Crippen LogP contribution in [0.15, 0.2) is 42.5 Å². The normalized spacial score (nSPS) is 27.7. The molecule has 54 heavy (non-hydrogen) atoms. The van der Waals surface area contributed by atoms with Crippen LogP contribution in [0.25, 0.3) is 0 Å². The number of hydrogen-bond acceptors (Lipinski definition) is 7. The summed E-state index contributed by atoms with van der Waals surface area (Å²) in [5.41, 5.74) is -0.0367. The molecule has 3 aliphatic heterocycles. The molecule has 0 bridgehead atoms. The standard InChI is InChI=1S/C41H65N7O6/c1-26(2)22-30-19-18-29(23-28-14-10-9-11-15-28)38(52)47-21-13-17-33(47)36(50)46-34(27(3)4)37(51)45-32(35(49)43-30)16-12-20-42-39(53)44-31-24-40(5,6)48(54)41(7,8)25-31/h9-11,14-15,18-19,26-27,29-34,54H,12-13,16-17,20-25H2,1-8H3,(H,43,49)(H,45,51)(H,46,50)(H2,42,44,53)/b19-18+/t29-,30-,32+,33+,34+/m1/s1. The second-order valence-corrected chi connectivity index (χ2v) is 17.5. The number of hydrogen-bond donors (Lipinski definition) is 6. The Kier molecular flexibility index (Phi) is 14.7. The molecule has 3 aliphatic rings. The first-order valence-corrected chi connectivity index (χ1v) is 19.9. The van der Waals surface area contributed by atoms with E-state index in [0.29, 0.717) is 51.5 Å². The van der Waals surface area contributed by atoms with Crippen molar-refractivity contribution in [2.24, 2.45) is 17.8 Å². The Morgan fingerprint density at radius 1 is 0.907 bits per heavy atom. The fourth-order valence-electron chi connectivity index (χ4n) is 8.30. The maximum atomic E-state index is 14.2. The molecule has 4 rings (SSSR count). The molecule has 13 heteroatoms. The molecule has 300 valence electrons. The summed E-state index contributed by atoms with van der Waals surface area (Å²) in [5.74, 6) is -2.01. The topological polar surface area (TPSA) is 172 Å². The molecule has 0 aliphatic carbocycles. The van der Waals surface area contributed by atoms with Gasteiger partial charge >= 0.3 is 6.03 Å². The third-order valence-corrected chi connectivity index (χ3v) is 10.9. The molecule has 0 radical (unpaired) electrons. The number of rotatable bonds is 10. The first-order valence-electron chi connectivity index (χ1n) is 19.9. The van der Waals surface area contributed by atoms with E-state index in [9.17, 15) is 29.2 Å². The second kappa shape index (κ2) is 18.6. The lowest BCUT2D eigenvalue weighted by Gasteiger charge is -2.51. The molecule has 0 aromatic heterocycles. The second-order valence-electron chi connectivity index (χ2n) is 17.5. The maximum Gasteiger partial charge on any atom is 0.315 e. The summed E-state index contributed by atoms with van der Waals surface area (Å²) in [6.45, 7) is 16.3. The van der Waals surface area contributed by atoms with Gasteiger partial charge in [0, 0.05) is 36.3 Å². The summed E-state index contributed by atoms with van der Waals surface area (Å²) in [4.78, 5) is 70.5. The largest absolute Gasteiger partial charge is 0.348 e. The molecule has 2 saturated heterocycles. The minimum Gasteiger partial charge on any atom is -0.348 e. The zero-order valence-corrected chi connectivity index (χ0v) is 33.6. The van der Waals surface area contributed by atoms with Crippen molar-refractivity contribution in [3.8, 4) is 0 Å². The van der Waals surface area contributed by atoms with Crippen LogP contribution >= 0.6 is 0 Å². The summed E-state index contributed by atoms with van der Waals surface area (Å²) in [5, 5.41) is 26.9. The Morgan fingerprint density at radius 2 is 1.57 bits per heavy atom. The van der Waals surface area contributed by atoms with Crippen LogP contribution in [0, 0.1) is 17.8 Å². The Balaban J connectivity index is 1.53. The van der Waals surface area contributed by atoms with Gasteiger partial charge in [0.1, 0.15) is 18.1 Å². The average molecular weight is 752 g/mol. The minimum atomic E-state index is -0.936. The zero-order valence-electron chi connectivity index (χ0n) is 33.6. The number of benzene rings is 1. The number of nitrogens with zero attached hydrogens (tertiary/aromatic N) is 2. The van der Waals surface area contributed by atoms with Crippen molar-refractivity contribution in [1.82, 2.24) is 36.5 Å². The van der Waals surface area contributed by atoms with E-state index < -0.39 is 47.1 Å². The van der Waals surface area contributed by atoms with Gasteiger partial charge < -0.3 is 36.7 Å². The lowest BCUT2D eigenvalue weighted by Crippen LogP contribution is -2.63. The number of piperidine rings is 1. The van der Waals surface area contributed by atoms with Gasteiger partial charge in [-0.2, -0.15) is 5.06 Å². The summed E-state index contributed by atoms with van der Waals surface area (Å²) >= 11 is 0. The molecule has 3 heterocycles. The molecule has 6 amide bonds. The third kappa shape index (κ3) is 11.5. The molecular weight excluding hydrogens is 686 g/mol. The molecule has 6 N–H and O–H groups in total. The number of carbonyl (C=O) groups excluding carboxylic acids is 5. The van der Waals surface area contributed by atoms with Crippen molar-refractivity contribution in [2.45, 2.75) is 148 Å². The lowest BCUT2D eigenvalue weighted by molar-refractivity contribution is -0.245. The van der Waals surface area contributed by atoms with Crippen molar-refractivity contribution >= 4 is 29.7 Å². The van der Waals surface area contributed by atoms with Gasteiger partial charge in [0.2, 0.25) is 23.6 Å². The molecule has 0 unspecified atom stereocenters. The molecule has 13 nitrogen and oxygen atoms in total. The number of nitrogens with one attached hydrogen (secondary N) is 5. The van der Waals surface area contributed by atoms with Crippen molar-refractivity contribution in [2.75, 3.05) is 13.1 Å². The van der Waals surface area contributed by atoms with E-state index in [1.54, 1.807) is 4.90 Å². The summed E-state index contributed by atoms with van der Waals surface area (Å²) in [6.07, 6.45) is 7.79. The fraction of sp³-hybridized carbons (Fsp3) is 0.683. The third-order valence-electron chi connectivity index (χ3n) is 10.9. The predicted octanol–water partition coefficient (Wildman–Crippen LogP) is 4.05. The van der Waals surface area contributed by atoms with Crippen molar-refractivity contribution in [1.29, 1.82) is 0 Å². The Morgan fingerprint density at radius 3 is 2.20 bits per heavy atom. The van der Waals surface area contributed by atoms with Crippen molar-refractivity contribution < 1.29 is 29.2 Å². The highest BCUT2D eigenvalue weighted by Crippen LogP contribution is 2.36. The molecular formula is C41H65N7O6. The molecule has 0 spiro atoms. The van der Waals surface area contributed by atoms with Crippen LogP contribution in [-0.2, 0) is 25.6 Å². The SMILES string of the molecule is CC(C)C[C@H]1/C=C/[C@H](Cc2ccccc2)C(=O)N2CCC[C@H]2C(=O)N[C@@H](C(C)C)C(=O)N[C@@H](CCCNC(=O)NC2CC(C)(C)N(O)C(C)(C)C2)C(=O)N1. The van der Waals surface area contributed by atoms with Gasteiger partial charge in [-0.25, -0.2) is 4.79 Å². The van der Waals surface area contributed by atoms with Gasteiger partial charge in [0.15, 0.2) is 0 Å². The minimum absolute atomic E-state index is 0.139. The van der Waals surface area contributed by atoms with Crippen LogP contribution in [0.5, 0.6) is 0 Å². The monoisotopic (exact) mass is 751 g/mol.